The molecule has 0 radical (unpaired) electrons. The highest BCUT2D eigenvalue weighted by Crippen LogP contribution is 2.17. The fourth-order valence-electron chi connectivity index (χ4n) is 1.13. The Bertz CT molecular complexity index is 406. The number of hydrogen-bond acceptors (Lipinski definition) is 1. The van der Waals surface area contributed by atoms with Gasteiger partial charge in [0.1, 0.15) is 12.4 Å². The minimum Gasteiger partial charge on any atom is -0.329 e. The molecule has 3 nitrogen and oxygen atoms in total. The standard InChI is InChI=1S/C10H10F4N2O/c1-16(8-5-3-2-4-7(8)11)9(17)15-6-10(12,13)14/h2-5H,6H2,1H3,(H,15,17). The van der Waals surface area contributed by atoms with Crippen LogP contribution in [0, 0.1) is 5.82 Å². The third-order valence-corrected chi connectivity index (χ3v) is 1.96. The maximum absolute atomic E-state index is 13.2. The lowest BCUT2D eigenvalue weighted by Crippen LogP contribution is -2.42. The number of alkyl halides is 3. The third kappa shape index (κ3) is 3.93. The molecule has 0 aliphatic heterocycles. The molecule has 7 heteroatoms. The van der Waals surface area contributed by atoms with Gasteiger partial charge in [0.15, 0.2) is 0 Å². The molecule has 1 aromatic rings. The molecule has 0 aliphatic rings. The van der Waals surface area contributed by atoms with Gasteiger partial charge in [-0.1, -0.05) is 12.1 Å². The molecule has 0 saturated carbocycles. The highest BCUT2D eigenvalue weighted by molar-refractivity contribution is 5.91. The van der Waals surface area contributed by atoms with E-state index in [-0.39, 0.29) is 5.69 Å². The van der Waals surface area contributed by atoms with E-state index in [1.165, 1.54) is 25.2 Å². The number of benzene rings is 1. The van der Waals surface area contributed by atoms with Crippen molar-refractivity contribution in [3.63, 3.8) is 0 Å². The molecule has 1 aromatic carbocycles. The van der Waals surface area contributed by atoms with Gasteiger partial charge in [0.25, 0.3) is 0 Å². The molecule has 0 heterocycles. The Morgan fingerprint density at radius 3 is 2.47 bits per heavy atom. The van der Waals surface area contributed by atoms with Gasteiger partial charge < -0.3 is 5.32 Å². The highest BCUT2D eigenvalue weighted by Gasteiger charge is 2.28. The van der Waals surface area contributed by atoms with Gasteiger partial charge in [-0.2, -0.15) is 13.2 Å². The predicted octanol–water partition coefficient (Wildman–Crippen LogP) is 2.53. The van der Waals surface area contributed by atoms with E-state index < -0.39 is 24.6 Å². The van der Waals surface area contributed by atoms with Crippen molar-refractivity contribution in [2.75, 3.05) is 18.5 Å². The number of carbonyl (C=O) groups excluding carboxylic acids is 1. The number of hydrogen-bond donors (Lipinski definition) is 1. The Morgan fingerprint density at radius 1 is 1.35 bits per heavy atom. The van der Waals surface area contributed by atoms with E-state index >= 15 is 0 Å². The quantitative estimate of drug-likeness (QED) is 0.804. The largest absolute Gasteiger partial charge is 0.405 e. The fraction of sp³-hybridized carbons (Fsp3) is 0.300. The lowest BCUT2D eigenvalue weighted by atomic mass is 10.3. The number of amides is 2. The first-order valence-electron chi connectivity index (χ1n) is 4.64. The Balaban J connectivity index is 2.68. The first-order valence-corrected chi connectivity index (χ1v) is 4.64. The van der Waals surface area contributed by atoms with Crippen LogP contribution in [0.1, 0.15) is 0 Å². The molecule has 17 heavy (non-hydrogen) atoms. The van der Waals surface area contributed by atoms with Crippen LogP contribution in [-0.4, -0.2) is 25.8 Å². The summed E-state index contributed by atoms with van der Waals surface area (Å²) in [6.07, 6.45) is -4.49. The summed E-state index contributed by atoms with van der Waals surface area (Å²) in [5.74, 6) is -0.683. The summed E-state index contributed by atoms with van der Waals surface area (Å²) in [6.45, 7) is -1.45. The molecular weight excluding hydrogens is 240 g/mol. The fourth-order valence-corrected chi connectivity index (χ4v) is 1.13. The molecule has 2 amide bonds. The Hall–Kier alpha value is -1.79. The first-order chi connectivity index (χ1) is 7.81. The van der Waals surface area contributed by atoms with Crippen LogP contribution in [0.2, 0.25) is 0 Å². The third-order valence-electron chi connectivity index (χ3n) is 1.96. The molecule has 0 aromatic heterocycles. The lowest BCUT2D eigenvalue weighted by molar-refractivity contribution is -0.122. The van der Waals surface area contributed by atoms with Crippen molar-refractivity contribution < 1.29 is 22.4 Å². The van der Waals surface area contributed by atoms with Crippen molar-refractivity contribution in [2.24, 2.45) is 0 Å². The Labute approximate surface area is 95.0 Å². The van der Waals surface area contributed by atoms with Crippen LogP contribution in [0.15, 0.2) is 24.3 Å². The van der Waals surface area contributed by atoms with Crippen LogP contribution in [0.5, 0.6) is 0 Å². The normalized spacial score (nSPS) is 11.1. The number of para-hydroxylation sites is 1. The van der Waals surface area contributed by atoms with Crippen LogP contribution in [0.3, 0.4) is 0 Å². The van der Waals surface area contributed by atoms with E-state index in [1.807, 2.05) is 0 Å². The van der Waals surface area contributed by atoms with Gasteiger partial charge in [0.2, 0.25) is 0 Å². The number of carbonyl (C=O) groups is 1. The summed E-state index contributed by atoms with van der Waals surface area (Å²) < 4.78 is 48.8. The van der Waals surface area contributed by atoms with Crippen molar-refractivity contribution in [3.05, 3.63) is 30.1 Å². The maximum atomic E-state index is 13.2. The monoisotopic (exact) mass is 250 g/mol. The number of rotatable bonds is 2. The topological polar surface area (TPSA) is 32.3 Å². The summed E-state index contributed by atoms with van der Waals surface area (Å²) in [6, 6.07) is 4.28. The molecule has 0 bridgehead atoms. The number of nitrogens with zero attached hydrogens (tertiary/aromatic N) is 1. The van der Waals surface area contributed by atoms with Crippen molar-refractivity contribution in [1.82, 2.24) is 5.32 Å². The number of anilines is 1. The zero-order chi connectivity index (χ0) is 13.1. The van der Waals surface area contributed by atoms with Gasteiger partial charge in [0, 0.05) is 7.05 Å². The van der Waals surface area contributed by atoms with E-state index in [0.29, 0.717) is 0 Å². The summed E-state index contributed by atoms with van der Waals surface area (Å²) >= 11 is 0. The minimum atomic E-state index is -4.49. The van der Waals surface area contributed by atoms with E-state index in [1.54, 1.807) is 5.32 Å². The van der Waals surface area contributed by atoms with Crippen molar-refractivity contribution in [3.8, 4) is 0 Å². The highest BCUT2D eigenvalue weighted by atomic mass is 19.4. The van der Waals surface area contributed by atoms with E-state index in [4.69, 9.17) is 0 Å². The summed E-state index contributed by atoms with van der Waals surface area (Å²) in [5, 5.41) is 1.64. The zero-order valence-corrected chi connectivity index (χ0v) is 8.88. The zero-order valence-electron chi connectivity index (χ0n) is 8.88. The van der Waals surface area contributed by atoms with Gasteiger partial charge >= 0.3 is 12.2 Å². The van der Waals surface area contributed by atoms with Gasteiger partial charge in [-0.15, -0.1) is 0 Å². The maximum Gasteiger partial charge on any atom is 0.405 e. The second-order valence-corrected chi connectivity index (χ2v) is 3.28. The summed E-state index contributed by atoms with van der Waals surface area (Å²) in [5.41, 5.74) is -0.0906. The molecule has 0 unspecified atom stereocenters. The molecule has 0 atom stereocenters. The van der Waals surface area contributed by atoms with Gasteiger partial charge in [0.05, 0.1) is 5.69 Å². The van der Waals surface area contributed by atoms with Gasteiger partial charge in [-0.3, -0.25) is 4.90 Å². The SMILES string of the molecule is CN(C(=O)NCC(F)(F)F)c1ccccc1F. The molecule has 0 aliphatic carbocycles. The number of halogens is 4. The number of urea groups is 1. The summed E-state index contributed by atoms with van der Waals surface area (Å²) in [7, 11) is 1.18. The van der Waals surface area contributed by atoms with Crippen molar-refractivity contribution >= 4 is 11.7 Å². The van der Waals surface area contributed by atoms with E-state index in [9.17, 15) is 22.4 Å². The van der Waals surface area contributed by atoms with Crippen LogP contribution in [-0.2, 0) is 0 Å². The lowest BCUT2D eigenvalue weighted by Gasteiger charge is -2.19. The molecule has 1 rings (SSSR count). The number of nitrogens with one attached hydrogen (secondary N) is 1. The average Bonchev–Trinajstić information content (AvgIpc) is 2.24. The van der Waals surface area contributed by atoms with Crippen LogP contribution < -0.4 is 10.2 Å². The summed E-state index contributed by atoms with van der Waals surface area (Å²) in [4.78, 5) is 12.1. The minimum absolute atomic E-state index is 0.0906. The van der Waals surface area contributed by atoms with Gasteiger partial charge in [-0.25, -0.2) is 9.18 Å². The van der Waals surface area contributed by atoms with Crippen molar-refractivity contribution in [2.45, 2.75) is 6.18 Å². The van der Waals surface area contributed by atoms with Crippen molar-refractivity contribution in [1.29, 1.82) is 0 Å². The van der Waals surface area contributed by atoms with E-state index in [2.05, 4.69) is 0 Å². The second kappa shape index (κ2) is 5.03. The molecular formula is C10H10F4N2O. The van der Waals surface area contributed by atoms with E-state index in [0.717, 1.165) is 11.0 Å². The Morgan fingerprint density at radius 2 is 1.94 bits per heavy atom. The molecule has 0 saturated heterocycles. The first kappa shape index (κ1) is 13.3. The molecule has 1 N–H and O–H groups in total. The second-order valence-electron chi connectivity index (χ2n) is 3.28. The van der Waals surface area contributed by atoms with Crippen LogP contribution >= 0.6 is 0 Å². The van der Waals surface area contributed by atoms with Crippen LogP contribution in [0.4, 0.5) is 28.0 Å². The predicted molar refractivity (Wildman–Crippen MR) is 54.3 cm³/mol. The molecule has 0 spiro atoms. The smallest absolute Gasteiger partial charge is 0.329 e. The molecule has 0 fully saturated rings. The average molecular weight is 250 g/mol. The molecule has 94 valence electrons. The Kier molecular flexibility index (Phi) is 3.93. The van der Waals surface area contributed by atoms with Crippen LogP contribution in [0.25, 0.3) is 0 Å². The van der Waals surface area contributed by atoms with Gasteiger partial charge in [-0.05, 0) is 12.1 Å².